The number of phenols is 1. The maximum Gasteiger partial charge on any atom is 0.143 e. The summed E-state index contributed by atoms with van der Waals surface area (Å²) in [6.07, 6.45) is 2.85. The first kappa shape index (κ1) is 16.4. The van der Waals surface area contributed by atoms with Crippen molar-refractivity contribution in [1.82, 2.24) is 0 Å². The zero-order valence-corrected chi connectivity index (χ0v) is 14.4. The fourth-order valence-electron chi connectivity index (χ4n) is 3.38. The lowest BCUT2D eigenvalue weighted by molar-refractivity contribution is 0.194. The summed E-state index contributed by atoms with van der Waals surface area (Å²) in [6.45, 7) is 9.83. The molecule has 24 heavy (non-hydrogen) atoms. The molecule has 1 N–H and O–H groups in total. The molecule has 126 valence electrons. The van der Waals surface area contributed by atoms with Crippen LogP contribution in [-0.2, 0) is 6.42 Å². The van der Waals surface area contributed by atoms with Gasteiger partial charge in [-0.05, 0) is 29.2 Å². The van der Waals surface area contributed by atoms with Crippen molar-refractivity contribution in [1.29, 1.82) is 0 Å². The molecule has 2 aromatic rings. The van der Waals surface area contributed by atoms with E-state index in [1.54, 1.807) is 12.1 Å². The number of anilines is 1. The predicted octanol–water partition coefficient (Wildman–Crippen LogP) is 4.51. The lowest BCUT2D eigenvalue weighted by Gasteiger charge is -2.36. The van der Waals surface area contributed by atoms with E-state index in [9.17, 15) is 5.11 Å². The molecule has 0 amide bonds. The molecule has 1 aliphatic rings. The summed E-state index contributed by atoms with van der Waals surface area (Å²) in [5, 5.41) is 9.76. The maximum atomic E-state index is 9.76. The van der Waals surface area contributed by atoms with Crippen molar-refractivity contribution in [2.75, 3.05) is 18.0 Å². The number of hydrogen-bond donors (Lipinski definition) is 1. The molecule has 3 rings (SSSR count). The summed E-state index contributed by atoms with van der Waals surface area (Å²) < 4.78 is 6.22. The first-order valence-electron chi connectivity index (χ1n) is 8.51. The van der Waals surface area contributed by atoms with Crippen LogP contribution in [0.25, 0.3) is 0 Å². The number of fused-ring (bicyclic) bond motifs is 1. The average Bonchev–Trinajstić information content (AvgIpc) is 2.56. The Morgan fingerprint density at radius 2 is 2.08 bits per heavy atom. The van der Waals surface area contributed by atoms with E-state index < -0.39 is 0 Å². The molecule has 0 aromatic heterocycles. The number of nitrogens with zero attached hydrogens (tertiary/aromatic N) is 1. The lowest BCUT2D eigenvalue weighted by atomic mass is 9.93. The Labute approximate surface area is 144 Å². The van der Waals surface area contributed by atoms with E-state index in [2.05, 4.69) is 49.6 Å². The van der Waals surface area contributed by atoms with Gasteiger partial charge in [0.1, 0.15) is 17.6 Å². The maximum absolute atomic E-state index is 9.76. The van der Waals surface area contributed by atoms with E-state index in [0.717, 1.165) is 30.9 Å². The lowest BCUT2D eigenvalue weighted by Crippen LogP contribution is -2.41. The fourth-order valence-corrected chi connectivity index (χ4v) is 3.38. The monoisotopic (exact) mass is 323 g/mol. The molecule has 2 aromatic carbocycles. The molecule has 0 aliphatic carbocycles. The minimum atomic E-state index is 0.0851. The Morgan fingerprint density at radius 1 is 1.29 bits per heavy atom. The Kier molecular flexibility index (Phi) is 4.79. The second kappa shape index (κ2) is 7.00. The van der Waals surface area contributed by atoms with Gasteiger partial charge in [-0.3, -0.25) is 0 Å². The van der Waals surface area contributed by atoms with Crippen molar-refractivity contribution in [3.05, 3.63) is 66.2 Å². The van der Waals surface area contributed by atoms with Crippen molar-refractivity contribution >= 4 is 5.69 Å². The Bertz CT molecular complexity index is 724. The molecule has 1 atom stereocenters. The van der Waals surface area contributed by atoms with Gasteiger partial charge in [-0.25, -0.2) is 0 Å². The number of benzene rings is 2. The van der Waals surface area contributed by atoms with Gasteiger partial charge in [-0.1, -0.05) is 44.2 Å². The third-order valence-corrected chi connectivity index (χ3v) is 4.48. The standard InChI is InChI=1S/C21H25NO2/c1-4-11-22-14-18(24-21-10-9-17(23)13-20(21)22)12-16-7-5-6-8-19(16)15(2)3/h4-10,13,15,18,23H,1,11-12,14H2,2-3H3. The first-order valence-corrected chi connectivity index (χ1v) is 8.51. The third kappa shape index (κ3) is 3.40. The molecule has 1 heterocycles. The van der Waals surface area contributed by atoms with Gasteiger partial charge in [-0.2, -0.15) is 0 Å². The molecule has 0 radical (unpaired) electrons. The summed E-state index contributed by atoms with van der Waals surface area (Å²) in [5.41, 5.74) is 3.66. The molecule has 0 spiro atoms. The van der Waals surface area contributed by atoms with Gasteiger partial charge in [0.05, 0.1) is 12.2 Å². The summed E-state index contributed by atoms with van der Waals surface area (Å²) >= 11 is 0. The molecule has 0 bridgehead atoms. The van der Waals surface area contributed by atoms with E-state index in [0.29, 0.717) is 5.92 Å². The van der Waals surface area contributed by atoms with Crippen molar-refractivity contribution in [2.45, 2.75) is 32.3 Å². The van der Waals surface area contributed by atoms with Gasteiger partial charge in [0.15, 0.2) is 0 Å². The zero-order chi connectivity index (χ0) is 17.1. The number of ether oxygens (including phenoxy) is 1. The first-order chi connectivity index (χ1) is 11.6. The number of phenolic OH excluding ortho intramolecular Hbond substituents is 1. The summed E-state index contributed by atoms with van der Waals surface area (Å²) in [7, 11) is 0. The average molecular weight is 323 g/mol. The molecule has 0 fully saturated rings. The molecule has 1 aliphatic heterocycles. The van der Waals surface area contributed by atoms with Crippen molar-refractivity contribution in [3.8, 4) is 11.5 Å². The van der Waals surface area contributed by atoms with Crippen LogP contribution in [0.5, 0.6) is 11.5 Å². The van der Waals surface area contributed by atoms with Crippen LogP contribution in [0.4, 0.5) is 5.69 Å². The Balaban J connectivity index is 1.86. The van der Waals surface area contributed by atoms with Crippen LogP contribution in [-0.4, -0.2) is 24.3 Å². The summed E-state index contributed by atoms with van der Waals surface area (Å²) in [6, 6.07) is 13.9. The zero-order valence-electron chi connectivity index (χ0n) is 14.4. The highest BCUT2D eigenvalue weighted by Crippen LogP contribution is 2.37. The molecular weight excluding hydrogens is 298 g/mol. The van der Waals surface area contributed by atoms with E-state index in [-0.39, 0.29) is 11.9 Å². The van der Waals surface area contributed by atoms with Crippen LogP contribution < -0.4 is 9.64 Å². The summed E-state index contributed by atoms with van der Waals surface area (Å²) in [4.78, 5) is 2.22. The minimum Gasteiger partial charge on any atom is -0.508 e. The Hall–Kier alpha value is -2.42. The number of rotatable bonds is 5. The largest absolute Gasteiger partial charge is 0.508 e. The van der Waals surface area contributed by atoms with Crippen molar-refractivity contribution in [2.24, 2.45) is 0 Å². The van der Waals surface area contributed by atoms with Gasteiger partial charge in [0, 0.05) is 19.0 Å². The molecule has 1 unspecified atom stereocenters. The molecular formula is C21H25NO2. The quantitative estimate of drug-likeness (QED) is 0.822. The second-order valence-corrected chi connectivity index (χ2v) is 6.64. The molecule has 3 heteroatoms. The number of hydrogen-bond acceptors (Lipinski definition) is 3. The smallest absolute Gasteiger partial charge is 0.143 e. The molecule has 3 nitrogen and oxygen atoms in total. The van der Waals surface area contributed by atoms with Crippen LogP contribution in [0.15, 0.2) is 55.1 Å². The van der Waals surface area contributed by atoms with Gasteiger partial charge in [0.2, 0.25) is 0 Å². The fraction of sp³-hybridized carbons (Fsp3) is 0.333. The predicted molar refractivity (Wildman–Crippen MR) is 99.2 cm³/mol. The van der Waals surface area contributed by atoms with E-state index in [1.807, 2.05) is 12.1 Å². The van der Waals surface area contributed by atoms with Gasteiger partial charge in [-0.15, -0.1) is 6.58 Å². The highest BCUT2D eigenvalue weighted by atomic mass is 16.5. The van der Waals surface area contributed by atoms with Crippen molar-refractivity contribution < 1.29 is 9.84 Å². The topological polar surface area (TPSA) is 32.7 Å². The second-order valence-electron chi connectivity index (χ2n) is 6.64. The van der Waals surface area contributed by atoms with E-state index >= 15 is 0 Å². The van der Waals surface area contributed by atoms with Crippen LogP contribution >= 0.6 is 0 Å². The Morgan fingerprint density at radius 3 is 2.83 bits per heavy atom. The van der Waals surface area contributed by atoms with E-state index in [4.69, 9.17) is 4.74 Å². The van der Waals surface area contributed by atoms with Gasteiger partial charge < -0.3 is 14.7 Å². The van der Waals surface area contributed by atoms with Crippen LogP contribution in [0.1, 0.15) is 30.9 Å². The highest BCUT2D eigenvalue weighted by Gasteiger charge is 2.26. The summed E-state index contributed by atoms with van der Waals surface area (Å²) in [5.74, 6) is 1.58. The molecule has 0 saturated carbocycles. The van der Waals surface area contributed by atoms with Crippen molar-refractivity contribution in [3.63, 3.8) is 0 Å². The molecule has 0 saturated heterocycles. The van der Waals surface area contributed by atoms with Crippen LogP contribution in [0.2, 0.25) is 0 Å². The number of aromatic hydroxyl groups is 1. The van der Waals surface area contributed by atoms with Crippen LogP contribution in [0.3, 0.4) is 0 Å². The normalized spacial score (nSPS) is 16.6. The third-order valence-electron chi connectivity index (χ3n) is 4.48. The minimum absolute atomic E-state index is 0.0851. The SMILES string of the molecule is C=CCN1CC(Cc2ccccc2C(C)C)Oc2ccc(O)cc21. The van der Waals surface area contributed by atoms with Crippen LogP contribution in [0, 0.1) is 0 Å². The van der Waals surface area contributed by atoms with E-state index in [1.165, 1.54) is 11.1 Å². The highest BCUT2D eigenvalue weighted by molar-refractivity contribution is 5.63. The van der Waals surface area contributed by atoms with Gasteiger partial charge in [0.25, 0.3) is 0 Å². The van der Waals surface area contributed by atoms with Gasteiger partial charge >= 0.3 is 0 Å².